The van der Waals surface area contributed by atoms with E-state index >= 15 is 0 Å². The Labute approximate surface area is 99.7 Å². The Morgan fingerprint density at radius 1 is 1.44 bits per heavy atom. The van der Waals surface area contributed by atoms with Gasteiger partial charge in [0.05, 0.1) is 12.1 Å². The minimum atomic E-state index is -0.123. The molecule has 0 aromatic heterocycles. The molecule has 3 heteroatoms. The van der Waals surface area contributed by atoms with Crippen LogP contribution < -0.4 is 0 Å². The molecule has 1 rings (SSSR count). The van der Waals surface area contributed by atoms with Crippen molar-refractivity contribution in [2.45, 2.75) is 32.4 Å². The minimum absolute atomic E-state index is 0.123. The van der Waals surface area contributed by atoms with Crippen molar-refractivity contribution in [3.8, 4) is 12.3 Å². The highest BCUT2D eigenvalue weighted by molar-refractivity contribution is 5.09. The zero-order valence-electron chi connectivity index (χ0n) is 11.0. The van der Waals surface area contributed by atoms with Gasteiger partial charge in [-0.15, -0.1) is 6.42 Å². The van der Waals surface area contributed by atoms with Gasteiger partial charge in [0.25, 0.3) is 0 Å². The summed E-state index contributed by atoms with van der Waals surface area (Å²) in [6.45, 7) is 11.5. The Morgan fingerprint density at radius 2 is 2.12 bits per heavy atom. The number of nitrogens with zero attached hydrogens (tertiary/aromatic N) is 2. The molecule has 3 nitrogen and oxygen atoms in total. The zero-order chi connectivity index (χ0) is 12.2. The van der Waals surface area contributed by atoms with Crippen LogP contribution in [0.15, 0.2) is 0 Å². The van der Waals surface area contributed by atoms with Gasteiger partial charge in [-0.1, -0.05) is 5.92 Å². The van der Waals surface area contributed by atoms with Crippen LogP contribution in [0.2, 0.25) is 0 Å². The third-order valence-electron chi connectivity index (χ3n) is 3.49. The van der Waals surface area contributed by atoms with E-state index in [1.54, 1.807) is 7.11 Å². The van der Waals surface area contributed by atoms with Crippen molar-refractivity contribution in [3.05, 3.63) is 0 Å². The Bertz CT molecular complexity index is 257. The lowest BCUT2D eigenvalue weighted by molar-refractivity contribution is 0.0292. The fourth-order valence-electron chi connectivity index (χ4n) is 2.13. The van der Waals surface area contributed by atoms with Crippen LogP contribution in [0.25, 0.3) is 0 Å². The molecule has 0 aliphatic carbocycles. The van der Waals surface area contributed by atoms with Crippen molar-refractivity contribution in [2.75, 3.05) is 39.9 Å². The zero-order valence-corrected chi connectivity index (χ0v) is 11.0. The highest BCUT2D eigenvalue weighted by Gasteiger charge is 2.31. The SMILES string of the molecule is C#CC(C)(C)N1CCN(CCOC)C(C)C1. The van der Waals surface area contributed by atoms with Gasteiger partial charge in [0.1, 0.15) is 0 Å². The first-order chi connectivity index (χ1) is 7.51. The summed E-state index contributed by atoms with van der Waals surface area (Å²) in [6, 6.07) is 0.552. The molecule has 1 unspecified atom stereocenters. The maximum atomic E-state index is 5.57. The topological polar surface area (TPSA) is 15.7 Å². The van der Waals surface area contributed by atoms with Crippen molar-refractivity contribution in [3.63, 3.8) is 0 Å². The minimum Gasteiger partial charge on any atom is -0.383 e. The second-order valence-corrected chi connectivity index (χ2v) is 5.03. The normalized spacial score (nSPS) is 24.3. The Balaban J connectivity index is 2.49. The fraction of sp³-hybridized carbons (Fsp3) is 0.846. The molecule has 1 heterocycles. The van der Waals surface area contributed by atoms with E-state index in [1.165, 1.54) is 0 Å². The summed E-state index contributed by atoms with van der Waals surface area (Å²) < 4.78 is 5.12. The van der Waals surface area contributed by atoms with E-state index in [-0.39, 0.29) is 5.54 Å². The van der Waals surface area contributed by atoms with Crippen molar-refractivity contribution in [1.82, 2.24) is 9.80 Å². The Kier molecular flexibility index (Phi) is 4.79. The highest BCUT2D eigenvalue weighted by Crippen LogP contribution is 2.18. The molecule has 92 valence electrons. The van der Waals surface area contributed by atoms with Gasteiger partial charge in [0, 0.05) is 39.3 Å². The second kappa shape index (κ2) is 5.67. The van der Waals surface area contributed by atoms with Crippen LogP contribution in [0.5, 0.6) is 0 Å². The smallest absolute Gasteiger partial charge is 0.0767 e. The molecule has 0 bridgehead atoms. The quantitative estimate of drug-likeness (QED) is 0.664. The predicted molar refractivity (Wildman–Crippen MR) is 67.4 cm³/mol. The van der Waals surface area contributed by atoms with E-state index in [2.05, 4.69) is 36.5 Å². The molecule has 0 radical (unpaired) electrons. The van der Waals surface area contributed by atoms with Gasteiger partial charge in [-0.2, -0.15) is 0 Å². The van der Waals surface area contributed by atoms with E-state index in [0.29, 0.717) is 6.04 Å². The van der Waals surface area contributed by atoms with Gasteiger partial charge in [0.2, 0.25) is 0 Å². The summed E-state index contributed by atoms with van der Waals surface area (Å²) in [7, 11) is 1.75. The number of piperazine rings is 1. The van der Waals surface area contributed by atoms with Crippen molar-refractivity contribution in [2.24, 2.45) is 0 Å². The number of rotatable bonds is 4. The molecule has 1 atom stereocenters. The van der Waals surface area contributed by atoms with Gasteiger partial charge in [0.15, 0.2) is 0 Å². The summed E-state index contributed by atoms with van der Waals surface area (Å²) in [6.07, 6.45) is 5.57. The first-order valence-electron chi connectivity index (χ1n) is 5.97. The number of terminal acetylenes is 1. The van der Waals surface area contributed by atoms with Crippen LogP contribution in [-0.4, -0.2) is 61.3 Å². The third-order valence-corrected chi connectivity index (χ3v) is 3.49. The first kappa shape index (κ1) is 13.5. The molecule has 0 saturated carbocycles. The van der Waals surface area contributed by atoms with Crippen LogP contribution in [0.4, 0.5) is 0 Å². The molecule has 0 aromatic carbocycles. The van der Waals surface area contributed by atoms with Crippen LogP contribution in [0.3, 0.4) is 0 Å². The molecule has 0 amide bonds. The van der Waals surface area contributed by atoms with Crippen LogP contribution in [0, 0.1) is 12.3 Å². The molecular formula is C13H24N2O. The summed E-state index contributed by atoms with van der Waals surface area (Å²) in [5.74, 6) is 2.87. The van der Waals surface area contributed by atoms with E-state index in [4.69, 9.17) is 11.2 Å². The second-order valence-electron chi connectivity index (χ2n) is 5.03. The lowest BCUT2D eigenvalue weighted by atomic mass is 10.0. The number of hydrogen-bond acceptors (Lipinski definition) is 3. The Morgan fingerprint density at radius 3 is 2.62 bits per heavy atom. The lowest BCUT2D eigenvalue weighted by Crippen LogP contribution is -2.58. The van der Waals surface area contributed by atoms with Crippen molar-refractivity contribution in [1.29, 1.82) is 0 Å². The average molecular weight is 224 g/mol. The van der Waals surface area contributed by atoms with Gasteiger partial charge >= 0.3 is 0 Å². The summed E-state index contributed by atoms with van der Waals surface area (Å²) >= 11 is 0. The highest BCUT2D eigenvalue weighted by atomic mass is 16.5. The van der Waals surface area contributed by atoms with Crippen LogP contribution >= 0.6 is 0 Å². The van der Waals surface area contributed by atoms with E-state index in [9.17, 15) is 0 Å². The first-order valence-corrected chi connectivity index (χ1v) is 5.97. The Hall–Kier alpha value is -0.560. The monoisotopic (exact) mass is 224 g/mol. The van der Waals surface area contributed by atoms with Gasteiger partial charge in [-0.3, -0.25) is 9.80 Å². The van der Waals surface area contributed by atoms with Gasteiger partial charge < -0.3 is 4.74 Å². The standard InChI is InChI=1S/C13H24N2O/c1-6-13(3,4)15-8-7-14(9-10-16-5)12(2)11-15/h1,12H,7-11H2,2-5H3. The van der Waals surface area contributed by atoms with E-state index in [1.807, 2.05) is 0 Å². The van der Waals surface area contributed by atoms with E-state index < -0.39 is 0 Å². The number of ether oxygens (including phenoxy) is 1. The van der Waals surface area contributed by atoms with Crippen LogP contribution in [-0.2, 0) is 4.74 Å². The fourth-order valence-corrected chi connectivity index (χ4v) is 2.13. The van der Waals surface area contributed by atoms with Crippen LogP contribution in [0.1, 0.15) is 20.8 Å². The third kappa shape index (κ3) is 3.21. The van der Waals surface area contributed by atoms with Crippen molar-refractivity contribution < 1.29 is 4.74 Å². The van der Waals surface area contributed by atoms with Gasteiger partial charge in [-0.05, 0) is 20.8 Å². The summed E-state index contributed by atoms with van der Waals surface area (Å²) in [4.78, 5) is 4.85. The molecule has 1 aliphatic heterocycles. The molecule has 0 N–H and O–H groups in total. The molecule has 1 aliphatic rings. The van der Waals surface area contributed by atoms with E-state index in [0.717, 1.165) is 32.8 Å². The summed E-state index contributed by atoms with van der Waals surface area (Å²) in [5, 5.41) is 0. The molecule has 0 spiro atoms. The lowest BCUT2D eigenvalue weighted by Gasteiger charge is -2.45. The molecule has 16 heavy (non-hydrogen) atoms. The molecule has 0 aromatic rings. The molecule has 1 fully saturated rings. The number of methoxy groups -OCH3 is 1. The maximum Gasteiger partial charge on any atom is 0.0767 e. The van der Waals surface area contributed by atoms with Gasteiger partial charge in [-0.25, -0.2) is 0 Å². The maximum absolute atomic E-state index is 5.57. The predicted octanol–water partition coefficient (Wildman–Crippen LogP) is 1.05. The largest absolute Gasteiger partial charge is 0.383 e. The molecular weight excluding hydrogens is 200 g/mol. The summed E-state index contributed by atoms with van der Waals surface area (Å²) in [5.41, 5.74) is -0.123. The number of hydrogen-bond donors (Lipinski definition) is 0. The molecule has 1 saturated heterocycles. The van der Waals surface area contributed by atoms with Crippen molar-refractivity contribution >= 4 is 0 Å². The average Bonchev–Trinajstić information content (AvgIpc) is 2.27.